The van der Waals surface area contributed by atoms with Crippen molar-refractivity contribution in [2.24, 2.45) is 0 Å². The fourth-order valence-corrected chi connectivity index (χ4v) is 3.96. The number of benzene rings is 2. The monoisotopic (exact) mass is 412 g/mol. The summed E-state index contributed by atoms with van der Waals surface area (Å²) in [7, 11) is 3.23. The van der Waals surface area contributed by atoms with E-state index in [4.69, 9.17) is 14.7 Å². The van der Waals surface area contributed by atoms with Gasteiger partial charge in [0.1, 0.15) is 6.04 Å². The number of carbonyl (C=O) groups excluding carboxylic acids is 2. The van der Waals surface area contributed by atoms with Gasteiger partial charge in [-0.25, -0.2) is 5.48 Å². The summed E-state index contributed by atoms with van der Waals surface area (Å²) >= 11 is 0. The van der Waals surface area contributed by atoms with Crippen molar-refractivity contribution in [2.75, 3.05) is 20.8 Å². The molecule has 2 aromatic carbocycles. The van der Waals surface area contributed by atoms with Crippen LogP contribution < -0.4 is 15.0 Å². The Morgan fingerprint density at radius 2 is 1.77 bits per heavy atom. The molecule has 2 atom stereocenters. The molecule has 0 spiro atoms. The lowest BCUT2D eigenvalue weighted by Crippen LogP contribution is -2.47. The van der Waals surface area contributed by atoms with E-state index in [1.807, 2.05) is 49.4 Å². The summed E-state index contributed by atoms with van der Waals surface area (Å²) in [6, 6.07) is 13.1. The van der Waals surface area contributed by atoms with Crippen molar-refractivity contribution in [2.45, 2.75) is 38.1 Å². The van der Waals surface area contributed by atoms with Crippen LogP contribution in [0, 0.1) is 0 Å². The Morgan fingerprint density at radius 3 is 2.37 bits per heavy atom. The molecule has 7 nitrogen and oxygen atoms in total. The highest BCUT2D eigenvalue weighted by Gasteiger charge is 2.46. The molecule has 2 N–H and O–H groups in total. The Labute approximate surface area is 176 Å². The van der Waals surface area contributed by atoms with Crippen molar-refractivity contribution >= 4 is 11.8 Å². The van der Waals surface area contributed by atoms with E-state index in [0.717, 1.165) is 23.1 Å². The molecule has 1 fully saturated rings. The summed E-state index contributed by atoms with van der Waals surface area (Å²) in [4.78, 5) is 26.3. The van der Waals surface area contributed by atoms with E-state index in [-0.39, 0.29) is 5.91 Å². The molecule has 1 heterocycles. The second-order valence-electron chi connectivity index (χ2n) is 7.80. The molecular formula is C23H28N2O5. The lowest BCUT2D eigenvalue weighted by molar-refractivity contribution is -0.143. The average Bonchev–Trinajstić information content (AvgIpc) is 3.08. The van der Waals surface area contributed by atoms with Crippen molar-refractivity contribution in [3.05, 3.63) is 59.2 Å². The SMILES string of the molecule is COc1ccc(Cc2ccc([C@]3(C)CCN([C@H](C)C(=O)NO)C3=O)cc2)cc1OC. The first-order chi connectivity index (χ1) is 14.3. The minimum atomic E-state index is -0.714. The average molecular weight is 412 g/mol. The second kappa shape index (κ2) is 8.75. The van der Waals surface area contributed by atoms with Crippen LogP contribution in [0.2, 0.25) is 0 Å². The Hall–Kier alpha value is -3.06. The largest absolute Gasteiger partial charge is 0.493 e. The number of rotatable bonds is 7. The maximum absolute atomic E-state index is 13.0. The smallest absolute Gasteiger partial charge is 0.265 e. The highest BCUT2D eigenvalue weighted by molar-refractivity contribution is 5.94. The van der Waals surface area contributed by atoms with Gasteiger partial charge in [0.2, 0.25) is 5.91 Å². The third kappa shape index (κ3) is 3.98. The Bertz CT molecular complexity index is 928. The van der Waals surface area contributed by atoms with E-state index in [0.29, 0.717) is 24.5 Å². The first kappa shape index (κ1) is 21.6. The number of carbonyl (C=O) groups is 2. The molecule has 0 aliphatic carbocycles. The Balaban J connectivity index is 1.76. The van der Waals surface area contributed by atoms with E-state index in [2.05, 4.69) is 0 Å². The summed E-state index contributed by atoms with van der Waals surface area (Å²) in [5.74, 6) is 0.693. The molecule has 0 aromatic heterocycles. The molecule has 1 saturated heterocycles. The number of hydroxylamine groups is 1. The summed E-state index contributed by atoms with van der Waals surface area (Å²) in [5, 5.41) is 8.86. The summed E-state index contributed by atoms with van der Waals surface area (Å²) in [6.45, 7) is 3.99. The molecular weight excluding hydrogens is 384 g/mol. The van der Waals surface area contributed by atoms with Crippen molar-refractivity contribution < 1.29 is 24.3 Å². The zero-order chi connectivity index (χ0) is 21.9. The molecule has 0 saturated carbocycles. The van der Waals surface area contributed by atoms with E-state index in [1.165, 1.54) is 4.90 Å². The molecule has 2 aromatic rings. The molecule has 3 rings (SSSR count). The molecule has 30 heavy (non-hydrogen) atoms. The number of likely N-dealkylation sites (tertiary alicyclic amines) is 1. The fraction of sp³-hybridized carbons (Fsp3) is 0.391. The minimum absolute atomic E-state index is 0.105. The number of nitrogens with one attached hydrogen (secondary N) is 1. The van der Waals surface area contributed by atoms with Gasteiger partial charge in [-0.1, -0.05) is 30.3 Å². The molecule has 1 aliphatic rings. The topological polar surface area (TPSA) is 88.1 Å². The van der Waals surface area contributed by atoms with Crippen molar-refractivity contribution in [3.8, 4) is 11.5 Å². The fourth-order valence-electron chi connectivity index (χ4n) is 3.96. The number of amides is 2. The molecule has 7 heteroatoms. The number of nitrogens with zero attached hydrogens (tertiary/aromatic N) is 1. The maximum atomic E-state index is 13.0. The van der Waals surface area contributed by atoms with Crippen LogP contribution in [0.25, 0.3) is 0 Å². The molecule has 2 amide bonds. The van der Waals surface area contributed by atoms with Gasteiger partial charge in [-0.3, -0.25) is 14.8 Å². The van der Waals surface area contributed by atoms with Gasteiger partial charge in [-0.15, -0.1) is 0 Å². The number of hydrogen-bond donors (Lipinski definition) is 2. The van der Waals surface area contributed by atoms with Crippen LogP contribution in [-0.2, 0) is 21.4 Å². The zero-order valence-corrected chi connectivity index (χ0v) is 17.8. The van der Waals surface area contributed by atoms with Gasteiger partial charge >= 0.3 is 0 Å². The normalized spacial score (nSPS) is 19.5. The lowest BCUT2D eigenvalue weighted by atomic mass is 9.80. The van der Waals surface area contributed by atoms with Crippen molar-refractivity contribution in [1.29, 1.82) is 0 Å². The second-order valence-corrected chi connectivity index (χ2v) is 7.80. The van der Waals surface area contributed by atoms with Crippen LogP contribution in [-0.4, -0.2) is 48.7 Å². The van der Waals surface area contributed by atoms with Crippen LogP contribution in [0.4, 0.5) is 0 Å². The van der Waals surface area contributed by atoms with Crippen molar-refractivity contribution in [1.82, 2.24) is 10.4 Å². The van der Waals surface area contributed by atoms with Crippen LogP contribution in [0.5, 0.6) is 11.5 Å². The first-order valence-electron chi connectivity index (χ1n) is 9.89. The van der Waals surface area contributed by atoms with Crippen LogP contribution in [0.3, 0.4) is 0 Å². The van der Waals surface area contributed by atoms with Gasteiger partial charge in [0, 0.05) is 6.54 Å². The third-order valence-electron chi connectivity index (χ3n) is 5.99. The van der Waals surface area contributed by atoms with Crippen LogP contribution in [0.1, 0.15) is 37.0 Å². The standard InChI is InChI=1S/C23H28N2O5/c1-15(21(26)24-28)25-12-11-23(2,22(25)27)18-8-5-16(6-9-18)13-17-7-10-19(29-3)20(14-17)30-4/h5-10,14-15,28H,11-13H2,1-4H3,(H,24,26)/t15-,23+/m1/s1. The number of hydrogen-bond acceptors (Lipinski definition) is 5. The maximum Gasteiger partial charge on any atom is 0.265 e. The quantitative estimate of drug-likeness (QED) is 0.539. The summed E-state index contributed by atoms with van der Waals surface area (Å²) in [6.07, 6.45) is 1.34. The van der Waals surface area contributed by atoms with Gasteiger partial charge in [0.05, 0.1) is 19.6 Å². The first-order valence-corrected chi connectivity index (χ1v) is 9.89. The lowest BCUT2D eigenvalue weighted by Gasteiger charge is -2.27. The van der Waals surface area contributed by atoms with Crippen molar-refractivity contribution in [3.63, 3.8) is 0 Å². The van der Waals surface area contributed by atoms with Gasteiger partial charge in [-0.05, 0) is 55.5 Å². The molecule has 160 valence electrons. The molecule has 1 aliphatic heterocycles. The molecule has 0 radical (unpaired) electrons. The Kier molecular flexibility index (Phi) is 6.31. The minimum Gasteiger partial charge on any atom is -0.493 e. The van der Waals surface area contributed by atoms with E-state index in [1.54, 1.807) is 26.6 Å². The summed E-state index contributed by atoms with van der Waals surface area (Å²) < 4.78 is 10.7. The predicted octanol–water partition coefficient (Wildman–Crippen LogP) is 2.68. The zero-order valence-electron chi connectivity index (χ0n) is 17.8. The van der Waals surface area contributed by atoms with E-state index < -0.39 is 17.4 Å². The van der Waals surface area contributed by atoms with E-state index >= 15 is 0 Å². The van der Waals surface area contributed by atoms with Crippen LogP contribution >= 0.6 is 0 Å². The van der Waals surface area contributed by atoms with Crippen LogP contribution in [0.15, 0.2) is 42.5 Å². The number of methoxy groups -OCH3 is 2. The summed E-state index contributed by atoms with van der Waals surface area (Å²) in [5.41, 5.74) is 4.07. The highest BCUT2D eigenvalue weighted by atomic mass is 16.5. The highest BCUT2D eigenvalue weighted by Crippen LogP contribution is 2.37. The van der Waals surface area contributed by atoms with Gasteiger partial charge in [0.15, 0.2) is 11.5 Å². The van der Waals surface area contributed by atoms with Gasteiger partial charge < -0.3 is 14.4 Å². The third-order valence-corrected chi connectivity index (χ3v) is 5.99. The predicted molar refractivity (Wildman–Crippen MR) is 112 cm³/mol. The van der Waals surface area contributed by atoms with Gasteiger partial charge in [-0.2, -0.15) is 0 Å². The van der Waals surface area contributed by atoms with Gasteiger partial charge in [0.25, 0.3) is 5.91 Å². The Morgan fingerprint density at radius 1 is 1.13 bits per heavy atom. The van der Waals surface area contributed by atoms with E-state index in [9.17, 15) is 9.59 Å². The molecule has 0 bridgehead atoms. The number of ether oxygens (including phenoxy) is 2. The molecule has 0 unspecified atom stereocenters.